The molecule has 9 nitrogen and oxygen atoms in total. The van der Waals surface area contributed by atoms with Gasteiger partial charge in [0.2, 0.25) is 0 Å². The number of carboxylic acids is 1. The Kier molecular flexibility index (Phi) is 6.33. The third-order valence-electron chi connectivity index (χ3n) is 2.54. The van der Waals surface area contributed by atoms with Crippen LogP contribution in [0.5, 0.6) is 0 Å². The van der Waals surface area contributed by atoms with E-state index in [0.29, 0.717) is 24.0 Å². The fraction of sp³-hybridized carbons (Fsp3) is 0.455. The van der Waals surface area contributed by atoms with Crippen LogP contribution in [0.3, 0.4) is 0 Å². The zero-order valence-corrected chi connectivity index (χ0v) is 10.9. The lowest BCUT2D eigenvalue weighted by atomic mass is 10.1. The van der Waals surface area contributed by atoms with Crippen LogP contribution in [0.15, 0.2) is 17.3 Å². The largest absolute Gasteiger partial charge is 0.480 e. The molecule has 0 fully saturated rings. The van der Waals surface area contributed by atoms with Gasteiger partial charge in [0.1, 0.15) is 11.4 Å². The molecular formula is C11H18N6O3. The number of fused-ring (bicyclic) bond motifs is 1. The summed E-state index contributed by atoms with van der Waals surface area (Å²) in [4.78, 5) is 27.3. The predicted octanol–water partition coefficient (Wildman–Crippen LogP) is -0.826. The maximum atomic E-state index is 10.9. The Hall–Kier alpha value is -2.26. The average Bonchev–Trinajstić information content (AvgIpc) is 2.89. The average molecular weight is 282 g/mol. The van der Waals surface area contributed by atoms with Gasteiger partial charge in [-0.25, -0.2) is 4.98 Å². The lowest BCUT2D eigenvalue weighted by Crippen LogP contribution is -2.29. The van der Waals surface area contributed by atoms with Crippen LogP contribution in [0.25, 0.3) is 11.0 Å². The first kappa shape index (κ1) is 15.8. The van der Waals surface area contributed by atoms with Crippen molar-refractivity contribution < 1.29 is 9.90 Å². The summed E-state index contributed by atoms with van der Waals surface area (Å²) in [7, 11) is 0. The van der Waals surface area contributed by atoms with Crippen molar-refractivity contribution in [3.8, 4) is 0 Å². The van der Waals surface area contributed by atoms with Gasteiger partial charge in [0.05, 0.1) is 12.5 Å². The maximum absolute atomic E-state index is 10.9. The summed E-state index contributed by atoms with van der Waals surface area (Å²) in [5.74, 6) is -0.933. The first-order chi connectivity index (χ1) is 9.56. The number of nitrogens with one attached hydrogen (secondary N) is 2. The van der Waals surface area contributed by atoms with E-state index >= 15 is 0 Å². The van der Waals surface area contributed by atoms with Gasteiger partial charge in [0.25, 0.3) is 5.56 Å². The molecule has 2 rings (SSSR count). The van der Waals surface area contributed by atoms with Gasteiger partial charge >= 0.3 is 5.97 Å². The molecule has 2 aromatic rings. The molecule has 0 aromatic carbocycles. The molecule has 2 aromatic heterocycles. The van der Waals surface area contributed by atoms with Crippen molar-refractivity contribution in [1.82, 2.24) is 20.2 Å². The Balaban J connectivity index is 0.000000200. The molecule has 7 N–H and O–H groups in total. The molecule has 0 saturated carbocycles. The lowest BCUT2D eigenvalue weighted by molar-refractivity contribution is -0.138. The molecule has 0 radical (unpaired) electrons. The minimum atomic E-state index is -0.933. The molecule has 0 aliphatic carbocycles. The number of aliphatic carboxylic acids is 1. The number of carboxylic acid groups (broad SMARTS) is 1. The normalized spacial score (nSPS) is 11.7. The molecule has 0 aliphatic rings. The SMILES string of the molecule is NCCCC[C@H](N)C(=O)O.O=c1[nH]cnc2[nH]ncc12. The van der Waals surface area contributed by atoms with Crippen LogP contribution in [-0.2, 0) is 4.79 Å². The van der Waals surface area contributed by atoms with Gasteiger partial charge in [0.15, 0.2) is 5.65 Å². The van der Waals surface area contributed by atoms with Gasteiger partial charge in [-0.3, -0.25) is 14.7 Å². The fourth-order valence-electron chi connectivity index (χ4n) is 1.41. The molecular weight excluding hydrogens is 264 g/mol. The van der Waals surface area contributed by atoms with E-state index in [1.54, 1.807) is 0 Å². The first-order valence-corrected chi connectivity index (χ1v) is 6.11. The molecule has 110 valence electrons. The predicted molar refractivity (Wildman–Crippen MR) is 73.0 cm³/mol. The van der Waals surface area contributed by atoms with E-state index in [4.69, 9.17) is 16.6 Å². The molecule has 0 bridgehead atoms. The van der Waals surface area contributed by atoms with E-state index in [9.17, 15) is 9.59 Å². The van der Waals surface area contributed by atoms with E-state index in [1.807, 2.05) is 0 Å². The van der Waals surface area contributed by atoms with Crippen LogP contribution in [-0.4, -0.2) is 43.8 Å². The van der Waals surface area contributed by atoms with Crippen LogP contribution in [0.1, 0.15) is 19.3 Å². The summed E-state index contributed by atoms with van der Waals surface area (Å²) in [5, 5.41) is 15.0. The molecule has 0 amide bonds. The molecule has 9 heteroatoms. The molecule has 0 unspecified atom stereocenters. The van der Waals surface area contributed by atoms with Crippen molar-refractivity contribution in [3.63, 3.8) is 0 Å². The second-order valence-electron chi connectivity index (χ2n) is 4.09. The summed E-state index contributed by atoms with van der Waals surface area (Å²) in [6.07, 6.45) is 4.95. The highest BCUT2D eigenvalue weighted by Crippen LogP contribution is 1.97. The first-order valence-electron chi connectivity index (χ1n) is 6.11. The Morgan fingerprint density at radius 2 is 2.20 bits per heavy atom. The smallest absolute Gasteiger partial charge is 0.320 e. The minimum absolute atomic E-state index is 0.168. The van der Waals surface area contributed by atoms with E-state index < -0.39 is 12.0 Å². The number of unbranched alkanes of at least 4 members (excludes halogenated alkanes) is 1. The van der Waals surface area contributed by atoms with Crippen molar-refractivity contribution in [3.05, 3.63) is 22.9 Å². The fourth-order valence-corrected chi connectivity index (χ4v) is 1.41. The van der Waals surface area contributed by atoms with Crippen LogP contribution in [0.2, 0.25) is 0 Å². The summed E-state index contributed by atoms with van der Waals surface area (Å²) in [6, 6.07) is -0.716. The van der Waals surface area contributed by atoms with Crippen LogP contribution in [0, 0.1) is 0 Å². The van der Waals surface area contributed by atoms with Gasteiger partial charge in [-0.2, -0.15) is 5.10 Å². The zero-order chi connectivity index (χ0) is 15.0. The number of hydrogen-bond donors (Lipinski definition) is 5. The maximum Gasteiger partial charge on any atom is 0.320 e. The minimum Gasteiger partial charge on any atom is -0.480 e. The number of H-pyrrole nitrogens is 2. The van der Waals surface area contributed by atoms with Crippen LogP contribution >= 0.6 is 0 Å². The molecule has 0 saturated heterocycles. The molecule has 2 heterocycles. The highest BCUT2D eigenvalue weighted by molar-refractivity contribution is 5.73. The summed E-state index contributed by atoms with van der Waals surface area (Å²) in [5.41, 5.74) is 10.8. The Morgan fingerprint density at radius 1 is 1.45 bits per heavy atom. The van der Waals surface area contributed by atoms with E-state index in [2.05, 4.69) is 20.2 Å². The summed E-state index contributed by atoms with van der Waals surface area (Å²) < 4.78 is 0. The van der Waals surface area contributed by atoms with Crippen LogP contribution < -0.4 is 17.0 Å². The van der Waals surface area contributed by atoms with E-state index in [-0.39, 0.29) is 5.56 Å². The Morgan fingerprint density at radius 3 is 2.80 bits per heavy atom. The standard InChI is InChI=1S/C6H14N2O2.C5H4N4O/c7-4-2-1-3-5(8)6(9)10;10-5-3-1-8-9-4(3)6-2-7-5/h5H,1-4,7-8H2,(H,9,10);1-2H,(H2,6,7,8,9,10)/t5-;/m0./s1. The molecule has 0 spiro atoms. The Labute approximate surface area is 114 Å². The second-order valence-corrected chi connectivity index (χ2v) is 4.09. The highest BCUT2D eigenvalue weighted by atomic mass is 16.4. The summed E-state index contributed by atoms with van der Waals surface area (Å²) in [6.45, 7) is 0.604. The number of rotatable bonds is 5. The van der Waals surface area contributed by atoms with Gasteiger partial charge in [0, 0.05) is 0 Å². The molecule has 1 atom stereocenters. The van der Waals surface area contributed by atoms with Crippen LogP contribution in [0.4, 0.5) is 0 Å². The second kappa shape index (κ2) is 8.02. The third kappa shape index (κ3) is 4.78. The number of hydrogen-bond acceptors (Lipinski definition) is 6. The number of nitrogens with zero attached hydrogens (tertiary/aromatic N) is 2. The van der Waals surface area contributed by atoms with Gasteiger partial charge in [-0.05, 0) is 19.4 Å². The van der Waals surface area contributed by atoms with E-state index in [0.717, 1.165) is 12.8 Å². The number of aromatic nitrogens is 4. The summed E-state index contributed by atoms with van der Waals surface area (Å²) >= 11 is 0. The number of carbonyl (C=O) groups is 1. The zero-order valence-electron chi connectivity index (χ0n) is 10.9. The topological polar surface area (TPSA) is 164 Å². The molecule has 0 aliphatic heterocycles. The number of nitrogens with two attached hydrogens (primary N) is 2. The van der Waals surface area contributed by atoms with Crippen molar-refractivity contribution in [2.24, 2.45) is 11.5 Å². The van der Waals surface area contributed by atoms with Crippen molar-refractivity contribution in [1.29, 1.82) is 0 Å². The van der Waals surface area contributed by atoms with Gasteiger partial charge < -0.3 is 21.6 Å². The quantitative estimate of drug-likeness (QED) is 0.447. The van der Waals surface area contributed by atoms with Gasteiger partial charge in [-0.15, -0.1) is 0 Å². The van der Waals surface area contributed by atoms with Gasteiger partial charge in [-0.1, -0.05) is 6.42 Å². The molecule has 20 heavy (non-hydrogen) atoms. The third-order valence-corrected chi connectivity index (χ3v) is 2.54. The number of aromatic amines is 2. The lowest BCUT2D eigenvalue weighted by Gasteiger charge is -2.03. The van der Waals surface area contributed by atoms with Crippen molar-refractivity contribution in [2.75, 3.05) is 6.54 Å². The highest BCUT2D eigenvalue weighted by Gasteiger charge is 2.09. The van der Waals surface area contributed by atoms with Crippen molar-refractivity contribution in [2.45, 2.75) is 25.3 Å². The Bertz CT molecular complexity index is 593. The monoisotopic (exact) mass is 282 g/mol. The van der Waals surface area contributed by atoms with Crippen molar-refractivity contribution >= 4 is 17.0 Å². The van der Waals surface area contributed by atoms with E-state index in [1.165, 1.54) is 12.5 Å².